The van der Waals surface area contributed by atoms with E-state index in [2.05, 4.69) is 16.6 Å². The molecule has 1 aromatic heterocycles. The van der Waals surface area contributed by atoms with E-state index < -0.39 is 0 Å². The van der Waals surface area contributed by atoms with Crippen molar-refractivity contribution in [1.29, 1.82) is 0 Å². The molecule has 0 unspecified atom stereocenters. The highest BCUT2D eigenvalue weighted by Crippen LogP contribution is 2.15. The first-order valence-corrected chi connectivity index (χ1v) is 7.21. The van der Waals surface area contributed by atoms with E-state index in [9.17, 15) is 0 Å². The smallest absolute Gasteiger partial charge is 0.119 e. The van der Waals surface area contributed by atoms with Crippen molar-refractivity contribution >= 4 is 0 Å². The first-order valence-electron chi connectivity index (χ1n) is 7.21. The maximum absolute atomic E-state index is 5.16. The molecule has 0 saturated carbocycles. The molecule has 2 aromatic rings. The zero-order valence-corrected chi connectivity index (χ0v) is 12.7. The zero-order valence-electron chi connectivity index (χ0n) is 12.7. The molecule has 0 spiro atoms. The van der Waals surface area contributed by atoms with Gasteiger partial charge in [0.15, 0.2) is 0 Å². The molecule has 5 nitrogen and oxygen atoms in total. The monoisotopic (exact) mass is 289 g/mol. The van der Waals surface area contributed by atoms with Crippen LogP contribution in [0.3, 0.4) is 0 Å². The quantitative estimate of drug-likeness (QED) is 0.718. The van der Waals surface area contributed by atoms with E-state index in [-0.39, 0.29) is 0 Å². The average molecular weight is 289 g/mol. The Morgan fingerprint density at radius 3 is 2.67 bits per heavy atom. The maximum Gasteiger partial charge on any atom is 0.119 e. The lowest BCUT2D eigenvalue weighted by Gasteiger charge is -2.03. The molecule has 2 rings (SSSR count). The van der Waals surface area contributed by atoms with Crippen molar-refractivity contribution < 1.29 is 9.47 Å². The normalized spacial score (nSPS) is 10.8. The molecule has 0 atom stereocenters. The van der Waals surface area contributed by atoms with Gasteiger partial charge in [0.2, 0.25) is 0 Å². The van der Waals surface area contributed by atoms with Crippen LogP contribution >= 0.6 is 0 Å². The summed E-state index contributed by atoms with van der Waals surface area (Å²) < 4.78 is 12.0. The van der Waals surface area contributed by atoms with Crippen LogP contribution in [-0.4, -0.2) is 43.7 Å². The summed E-state index contributed by atoms with van der Waals surface area (Å²) in [6, 6.07) is 7.89. The lowest BCUT2D eigenvalue weighted by molar-refractivity contribution is 0.199. The highest BCUT2D eigenvalue weighted by Gasteiger charge is 2.01. The summed E-state index contributed by atoms with van der Waals surface area (Å²) in [5.74, 6) is 0.855. The van der Waals surface area contributed by atoms with Gasteiger partial charge in [-0.3, -0.25) is 0 Å². The van der Waals surface area contributed by atoms with Crippen molar-refractivity contribution in [3.63, 3.8) is 0 Å². The fraction of sp³-hybridized carbons (Fsp3) is 0.438. The Morgan fingerprint density at radius 2 is 1.95 bits per heavy atom. The first kappa shape index (κ1) is 15.5. The summed E-state index contributed by atoms with van der Waals surface area (Å²) in [5, 5.41) is 7.75. The second-order valence-electron chi connectivity index (χ2n) is 4.84. The predicted molar refractivity (Wildman–Crippen MR) is 83.2 cm³/mol. The van der Waals surface area contributed by atoms with E-state index in [0.717, 1.165) is 44.0 Å². The fourth-order valence-electron chi connectivity index (χ4n) is 2.08. The third kappa shape index (κ3) is 4.88. The van der Waals surface area contributed by atoms with Crippen molar-refractivity contribution in [3.8, 4) is 11.4 Å². The summed E-state index contributed by atoms with van der Waals surface area (Å²) in [6.07, 6.45) is 6.13. The Labute approximate surface area is 125 Å². The predicted octanol–water partition coefficient (Wildman–Crippen LogP) is 2.05. The molecule has 1 N–H and O–H groups in total. The van der Waals surface area contributed by atoms with Gasteiger partial charge in [0.05, 0.1) is 25.6 Å². The number of hydrogen-bond donors (Lipinski definition) is 1. The molecule has 21 heavy (non-hydrogen) atoms. The molecular formula is C16H23N3O2. The molecule has 114 valence electrons. The van der Waals surface area contributed by atoms with Gasteiger partial charge in [-0.25, -0.2) is 4.68 Å². The Morgan fingerprint density at radius 1 is 1.14 bits per heavy atom. The number of rotatable bonds is 9. The topological polar surface area (TPSA) is 48.3 Å². The first-order chi connectivity index (χ1) is 10.3. The minimum Gasteiger partial charge on any atom is -0.497 e. The van der Waals surface area contributed by atoms with E-state index in [1.165, 1.54) is 5.56 Å². The molecule has 0 saturated heterocycles. The maximum atomic E-state index is 5.16. The molecule has 1 aromatic carbocycles. The molecular weight excluding hydrogens is 266 g/mol. The second kappa shape index (κ2) is 8.44. The Bertz CT molecular complexity index is 523. The molecule has 0 aliphatic heterocycles. The number of nitrogens with one attached hydrogen (secondary N) is 1. The van der Waals surface area contributed by atoms with Crippen LogP contribution in [-0.2, 0) is 11.2 Å². The van der Waals surface area contributed by atoms with Gasteiger partial charge >= 0.3 is 0 Å². The van der Waals surface area contributed by atoms with Crippen LogP contribution in [0.15, 0.2) is 36.7 Å². The van der Waals surface area contributed by atoms with Crippen molar-refractivity contribution in [2.24, 2.45) is 0 Å². The Balaban J connectivity index is 1.80. The van der Waals surface area contributed by atoms with E-state index in [4.69, 9.17) is 9.47 Å². The lowest BCUT2D eigenvalue weighted by atomic mass is 10.2. The van der Waals surface area contributed by atoms with E-state index in [1.807, 2.05) is 35.1 Å². The number of hydrogen-bond acceptors (Lipinski definition) is 4. The fourth-order valence-corrected chi connectivity index (χ4v) is 2.08. The van der Waals surface area contributed by atoms with Gasteiger partial charge in [0, 0.05) is 19.9 Å². The molecule has 0 aliphatic carbocycles. The highest BCUT2D eigenvalue weighted by molar-refractivity contribution is 5.37. The number of ether oxygens (including phenoxy) is 2. The van der Waals surface area contributed by atoms with E-state index in [0.29, 0.717) is 0 Å². The molecule has 0 radical (unpaired) electrons. The van der Waals surface area contributed by atoms with Crippen molar-refractivity contribution in [2.45, 2.75) is 12.8 Å². The summed E-state index contributed by atoms with van der Waals surface area (Å²) in [4.78, 5) is 0. The van der Waals surface area contributed by atoms with E-state index >= 15 is 0 Å². The van der Waals surface area contributed by atoms with Crippen LogP contribution in [0, 0.1) is 0 Å². The number of benzene rings is 1. The van der Waals surface area contributed by atoms with Crippen LogP contribution in [0.4, 0.5) is 0 Å². The Hall–Kier alpha value is -1.85. The molecule has 0 fully saturated rings. The van der Waals surface area contributed by atoms with Gasteiger partial charge in [-0.15, -0.1) is 0 Å². The number of aryl methyl sites for hydroxylation is 1. The third-order valence-corrected chi connectivity index (χ3v) is 3.27. The van der Waals surface area contributed by atoms with Crippen molar-refractivity contribution in [1.82, 2.24) is 15.1 Å². The van der Waals surface area contributed by atoms with Gasteiger partial charge in [0.25, 0.3) is 0 Å². The standard InChI is InChI=1S/C16H23N3O2/c1-20-11-10-17-9-3-4-14-12-18-19(13-14)15-5-7-16(21-2)8-6-15/h5-8,12-13,17H,3-4,9-11H2,1-2H3. The van der Waals surface area contributed by atoms with Crippen LogP contribution in [0.25, 0.3) is 5.69 Å². The van der Waals surface area contributed by atoms with Crippen molar-refractivity contribution in [2.75, 3.05) is 33.9 Å². The van der Waals surface area contributed by atoms with Gasteiger partial charge in [-0.1, -0.05) is 0 Å². The molecule has 0 bridgehead atoms. The molecule has 1 heterocycles. The molecule has 0 aliphatic rings. The van der Waals surface area contributed by atoms with E-state index in [1.54, 1.807) is 14.2 Å². The zero-order chi connectivity index (χ0) is 14.9. The van der Waals surface area contributed by atoms with Crippen LogP contribution in [0.2, 0.25) is 0 Å². The minimum absolute atomic E-state index is 0.759. The van der Waals surface area contributed by atoms with Crippen LogP contribution in [0.5, 0.6) is 5.75 Å². The minimum atomic E-state index is 0.759. The molecule has 5 heteroatoms. The molecule has 0 amide bonds. The Kier molecular flexibility index (Phi) is 6.24. The number of nitrogens with zero attached hydrogens (tertiary/aromatic N) is 2. The van der Waals surface area contributed by atoms with Crippen LogP contribution in [0.1, 0.15) is 12.0 Å². The highest BCUT2D eigenvalue weighted by atomic mass is 16.5. The largest absolute Gasteiger partial charge is 0.497 e. The average Bonchev–Trinajstić information content (AvgIpc) is 3.00. The number of methoxy groups -OCH3 is 2. The summed E-state index contributed by atoms with van der Waals surface area (Å²) >= 11 is 0. The van der Waals surface area contributed by atoms with Gasteiger partial charge in [0.1, 0.15) is 5.75 Å². The summed E-state index contributed by atoms with van der Waals surface area (Å²) in [5.41, 5.74) is 2.29. The third-order valence-electron chi connectivity index (χ3n) is 3.27. The summed E-state index contributed by atoms with van der Waals surface area (Å²) in [7, 11) is 3.39. The van der Waals surface area contributed by atoms with Crippen LogP contribution < -0.4 is 10.1 Å². The van der Waals surface area contributed by atoms with Gasteiger partial charge in [-0.2, -0.15) is 5.10 Å². The lowest BCUT2D eigenvalue weighted by Crippen LogP contribution is -2.20. The van der Waals surface area contributed by atoms with Gasteiger partial charge in [-0.05, 0) is 49.2 Å². The summed E-state index contributed by atoms with van der Waals surface area (Å²) in [6.45, 7) is 2.66. The second-order valence-corrected chi connectivity index (χ2v) is 4.84. The van der Waals surface area contributed by atoms with Gasteiger partial charge < -0.3 is 14.8 Å². The number of aromatic nitrogens is 2. The van der Waals surface area contributed by atoms with Crippen molar-refractivity contribution in [3.05, 3.63) is 42.2 Å². The SMILES string of the molecule is COCCNCCCc1cnn(-c2ccc(OC)cc2)c1.